The minimum atomic E-state index is -0.204. The molecule has 1 fully saturated rings. The molecule has 6 heteroatoms. The molecule has 0 aliphatic carbocycles. The summed E-state index contributed by atoms with van der Waals surface area (Å²) in [6.07, 6.45) is 3.97. The molecule has 2 heterocycles. The summed E-state index contributed by atoms with van der Waals surface area (Å²) in [5, 5.41) is 2.72. The largest absolute Gasteiger partial charge is 0.378 e. The summed E-state index contributed by atoms with van der Waals surface area (Å²) in [7, 11) is 0. The van der Waals surface area contributed by atoms with Gasteiger partial charge in [-0.2, -0.15) is 0 Å². The van der Waals surface area contributed by atoms with Crippen molar-refractivity contribution in [2.75, 3.05) is 11.9 Å². The monoisotopic (exact) mass is 328 g/mol. The molecule has 0 saturated carbocycles. The number of aryl methyl sites for hydroxylation is 1. The van der Waals surface area contributed by atoms with Crippen LogP contribution in [0.1, 0.15) is 20.3 Å². The Labute approximate surface area is 120 Å². The molecule has 1 amide bonds. The zero-order valence-corrected chi connectivity index (χ0v) is 12.6. The molecule has 0 radical (unpaired) electrons. The van der Waals surface area contributed by atoms with Gasteiger partial charge in [0.25, 0.3) is 0 Å². The normalized spacial score (nSPS) is 22.5. The quantitative estimate of drug-likeness (QED) is 0.923. The summed E-state index contributed by atoms with van der Waals surface area (Å²) in [6, 6.07) is 0. The van der Waals surface area contributed by atoms with E-state index < -0.39 is 0 Å². The second kappa shape index (κ2) is 5.88. The number of pyridine rings is 1. The zero-order valence-electron chi connectivity index (χ0n) is 11.0. The van der Waals surface area contributed by atoms with Crippen LogP contribution in [0, 0.1) is 5.92 Å². The van der Waals surface area contributed by atoms with E-state index in [2.05, 4.69) is 21.2 Å². The predicted molar refractivity (Wildman–Crippen MR) is 76.2 cm³/mol. The van der Waals surface area contributed by atoms with Gasteiger partial charge in [0.05, 0.1) is 16.5 Å². The van der Waals surface area contributed by atoms with Crippen LogP contribution in [0.15, 0.2) is 21.7 Å². The number of nitrogens with zero attached hydrogens (tertiary/aromatic N) is 1. The van der Waals surface area contributed by atoms with Crippen LogP contribution < -0.4 is 10.7 Å². The fourth-order valence-electron chi connectivity index (χ4n) is 2.17. The van der Waals surface area contributed by atoms with Crippen molar-refractivity contribution in [2.24, 2.45) is 5.92 Å². The van der Waals surface area contributed by atoms with Gasteiger partial charge in [-0.3, -0.25) is 9.59 Å². The van der Waals surface area contributed by atoms with Crippen LogP contribution in [-0.4, -0.2) is 23.2 Å². The van der Waals surface area contributed by atoms with Gasteiger partial charge in [0.1, 0.15) is 5.69 Å². The Bertz CT molecular complexity index is 541. The Balaban J connectivity index is 2.21. The van der Waals surface area contributed by atoms with Gasteiger partial charge in [0, 0.05) is 25.5 Å². The molecular weight excluding hydrogens is 312 g/mol. The third-order valence-electron chi connectivity index (χ3n) is 3.37. The molecule has 0 spiro atoms. The summed E-state index contributed by atoms with van der Waals surface area (Å²) in [4.78, 5) is 24.1. The summed E-state index contributed by atoms with van der Waals surface area (Å²) in [5.74, 6) is -0.337. The standard InChI is InChI=1S/C13H17BrN2O3/c1-3-16-6-10(14)12(17)11(7-16)15-13(18)9-4-5-19-8(9)2/h6-9H,3-5H2,1-2H3,(H,15,18)/t8-,9-/m0/s1. The van der Waals surface area contributed by atoms with Gasteiger partial charge in [-0.1, -0.05) is 0 Å². The zero-order chi connectivity index (χ0) is 14.0. The molecule has 0 bridgehead atoms. The summed E-state index contributed by atoms with van der Waals surface area (Å²) in [6.45, 7) is 5.17. The maximum Gasteiger partial charge on any atom is 0.230 e. The number of nitrogens with one attached hydrogen (secondary N) is 1. The average molecular weight is 329 g/mol. The van der Waals surface area contributed by atoms with Crippen LogP contribution in [0.5, 0.6) is 0 Å². The van der Waals surface area contributed by atoms with Gasteiger partial charge < -0.3 is 14.6 Å². The number of aromatic nitrogens is 1. The minimum absolute atomic E-state index is 0.0967. The van der Waals surface area contributed by atoms with E-state index in [9.17, 15) is 9.59 Å². The smallest absolute Gasteiger partial charge is 0.230 e. The molecule has 2 atom stereocenters. The van der Waals surface area contributed by atoms with Crippen LogP contribution in [0.4, 0.5) is 5.69 Å². The molecule has 1 aliphatic heterocycles. The third-order valence-corrected chi connectivity index (χ3v) is 3.94. The van der Waals surface area contributed by atoms with E-state index in [1.54, 1.807) is 12.4 Å². The molecule has 1 saturated heterocycles. The Morgan fingerprint density at radius 1 is 1.58 bits per heavy atom. The first-order valence-corrected chi connectivity index (χ1v) is 7.14. The molecule has 5 nitrogen and oxygen atoms in total. The maximum atomic E-state index is 12.1. The number of rotatable bonds is 3. The van der Waals surface area contributed by atoms with Crippen molar-refractivity contribution < 1.29 is 9.53 Å². The number of carbonyl (C=O) groups excluding carboxylic acids is 1. The fraction of sp³-hybridized carbons (Fsp3) is 0.538. The van der Waals surface area contributed by atoms with Gasteiger partial charge in [0.2, 0.25) is 11.3 Å². The molecule has 0 unspecified atom stereocenters. The number of hydrogen-bond donors (Lipinski definition) is 1. The molecule has 1 aliphatic rings. The van der Waals surface area contributed by atoms with E-state index in [-0.39, 0.29) is 23.4 Å². The Morgan fingerprint density at radius 2 is 2.32 bits per heavy atom. The molecular formula is C13H17BrN2O3. The summed E-state index contributed by atoms with van der Waals surface area (Å²) >= 11 is 3.21. The fourth-order valence-corrected chi connectivity index (χ4v) is 2.64. The minimum Gasteiger partial charge on any atom is -0.378 e. The number of anilines is 1. The van der Waals surface area contributed by atoms with E-state index in [0.717, 1.165) is 6.54 Å². The van der Waals surface area contributed by atoms with Crippen LogP contribution in [0.3, 0.4) is 0 Å². The molecule has 1 N–H and O–H groups in total. The van der Waals surface area contributed by atoms with Crippen LogP contribution in [-0.2, 0) is 16.1 Å². The lowest BCUT2D eigenvalue weighted by Gasteiger charge is -2.14. The van der Waals surface area contributed by atoms with Crippen molar-refractivity contribution in [2.45, 2.75) is 32.9 Å². The van der Waals surface area contributed by atoms with Gasteiger partial charge >= 0.3 is 0 Å². The lowest BCUT2D eigenvalue weighted by Crippen LogP contribution is -2.30. The Morgan fingerprint density at radius 3 is 2.89 bits per heavy atom. The van der Waals surface area contributed by atoms with E-state index in [0.29, 0.717) is 23.2 Å². The highest BCUT2D eigenvalue weighted by Crippen LogP contribution is 2.22. The van der Waals surface area contributed by atoms with Crippen molar-refractivity contribution in [3.63, 3.8) is 0 Å². The predicted octanol–water partition coefficient (Wildman–Crippen LogP) is 1.99. The number of carbonyl (C=O) groups is 1. The van der Waals surface area contributed by atoms with E-state index in [4.69, 9.17) is 4.74 Å². The first-order chi connectivity index (χ1) is 9.02. The van der Waals surface area contributed by atoms with Crippen molar-refractivity contribution in [1.29, 1.82) is 0 Å². The highest BCUT2D eigenvalue weighted by atomic mass is 79.9. The Kier molecular flexibility index (Phi) is 4.42. The van der Waals surface area contributed by atoms with Gasteiger partial charge in [-0.25, -0.2) is 0 Å². The average Bonchev–Trinajstić information content (AvgIpc) is 2.80. The van der Waals surface area contributed by atoms with Gasteiger partial charge in [-0.05, 0) is 36.2 Å². The second-order valence-corrected chi connectivity index (χ2v) is 5.49. The van der Waals surface area contributed by atoms with Gasteiger partial charge in [0.15, 0.2) is 0 Å². The molecule has 1 aromatic rings. The Hall–Kier alpha value is -1.14. The van der Waals surface area contributed by atoms with Crippen LogP contribution in [0.2, 0.25) is 0 Å². The number of hydrogen-bond acceptors (Lipinski definition) is 3. The molecule has 104 valence electrons. The van der Waals surface area contributed by atoms with E-state index in [1.807, 2.05) is 18.4 Å². The molecule has 19 heavy (non-hydrogen) atoms. The summed E-state index contributed by atoms with van der Waals surface area (Å²) < 4.78 is 7.66. The van der Waals surface area contributed by atoms with E-state index >= 15 is 0 Å². The third kappa shape index (κ3) is 3.06. The highest BCUT2D eigenvalue weighted by Gasteiger charge is 2.31. The first kappa shape index (κ1) is 14.3. The lowest BCUT2D eigenvalue weighted by atomic mass is 10.0. The SMILES string of the molecule is CCn1cc(Br)c(=O)c(NC(=O)[C@H]2CCO[C@H]2C)c1. The first-order valence-electron chi connectivity index (χ1n) is 6.35. The maximum absolute atomic E-state index is 12.1. The van der Waals surface area contributed by atoms with E-state index in [1.165, 1.54) is 0 Å². The van der Waals surface area contributed by atoms with Crippen molar-refractivity contribution >= 4 is 27.5 Å². The topological polar surface area (TPSA) is 60.3 Å². The van der Waals surface area contributed by atoms with Crippen LogP contribution in [0.25, 0.3) is 0 Å². The lowest BCUT2D eigenvalue weighted by molar-refractivity contribution is -0.121. The molecule has 0 aromatic carbocycles. The van der Waals surface area contributed by atoms with Crippen molar-refractivity contribution in [3.05, 3.63) is 27.1 Å². The number of ether oxygens (including phenoxy) is 1. The van der Waals surface area contributed by atoms with Gasteiger partial charge in [-0.15, -0.1) is 0 Å². The number of halogens is 1. The molecule has 1 aromatic heterocycles. The summed E-state index contributed by atoms with van der Waals surface area (Å²) in [5.41, 5.74) is 0.102. The highest BCUT2D eigenvalue weighted by molar-refractivity contribution is 9.10. The van der Waals surface area contributed by atoms with Crippen molar-refractivity contribution in [1.82, 2.24) is 4.57 Å². The molecule has 2 rings (SSSR count). The number of amides is 1. The second-order valence-electron chi connectivity index (χ2n) is 4.64. The van der Waals surface area contributed by atoms with Crippen molar-refractivity contribution in [3.8, 4) is 0 Å². The van der Waals surface area contributed by atoms with Crippen LogP contribution >= 0.6 is 15.9 Å².